The first-order valence-corrected chi connectivity index (χ1v) is 7.14. The molecule has 1 aliphatic rings. The van der Waals surface area contributed by atoms with E-state index in [0.29, 0.717) is 0 Å². The second kappa shape index (κ2) is 5.76. The van der Waals surface area contributed by atoms with E-state index in [-0.39, 0.29) is 6.17 Å². The Labute approximate surface area is 129 Å². The van der Waals surface area contributed by atoms with Gasteiger partial charge in [0, 0.05) is 30.4 Å². The smallest absolute Gasteiger partial charge is 0.144 e. The average Bonchev–Trinajstić information content (AvgIpc) is 2.98. The maximum absolute atomic E-state index is 5.90. The Morgan fingerprint density at radius 3 is 2.29 bits per heavy atom. The minimum Gasteiger partial charge on any atom is -0.378 e. The SMILES string of the molecule is CN(C)c1ccc([C@@H]2N=C(c3ccc(Cl)cc3)NN2)cc1. The summed E-state index contributed by atoms with van der Waals surface area (Å²) in [4.78, 5) is 6.75. The first-order chi connectivity index (χ1) is 10.1. The van der Waals surface area contributed by atoms with Crippen LogP contribution in [0.1, 0.15) is 17.3 Å². The maximum Gasteiger partial charge on any atom is 0.144 e. The Hall–Kier alpha value is -2.04. The first-order valence-electron chi connectivity index (χ1n) is 6.76. The van der Waals surface area contributed by atoms with Crippen molar-refractivity contribution >= 4 is 23.1 Å². The molecule has 1 aliphatic heterocycles. The summed E-state index contributed by atoms with van der Waals surface area (Å²) in [7, 11) is 4.06. The van der Waals surface area contributed by atoms with Crippen LogP contribution in [0.3, 0.4) is 0 Å². The fourth-order valence-electron chi connectivity index (χ4n) is 2.20. The van der Waals surface area contributed by atoms with Crippen molar-refractivity contribution in [2.75, 3.05) is 19.0 Å². The van der Waals surface area contributed by atoms with Gasteiger partial charge in [-0.1, -0.05) is 23.7 Å². The standard InChI is InChI=1S/C16H17ClN4/c1-21(2)14-9-5-12(6-10-14)16-18-15(19-20-16)11-3-7-13(17)8-4-11/h3-10,16,20H,1-2H3,(H,18,19)/t16-/m1/s1. The van der Waals surface area contributed by atoms with Gasteiger partial charge in [-0.2, -0.15) is 0 Å². The Bertz CT molecular complexity index is 647. The number of hydrazine groups is 1. The lowest BCUT2D eigenvalue weighted by molar-refractivity contribution is 0.575. The van der Waals surface area contributed by atoms with Crippen LogP contribution in [-0.2, 0) is 0 Å². The lowest BCUT2D eigenvalue weighted by atomic mass is 10.1. The fourth-order valence-corrected chi connectivity index (χ4v) is 2.32. The van der Waals surface area contributed by atoms with Crippen LogP contribution in [0, 0.1) is 0 Å². The van der Waals surface area contributed by atoms with Crippen molar-refractivity contribution < 1.29 is 0 Å². The molecule has 2 aromatic carbocycles. The number of hydrogen-bond donors (Lipinski definition) is 2. The molecule has 5 heteroatoms. The maximum atomic E-state index is 5.90. The molecule has 108 valence electrons. The van der Waals surface area contributed by atoms with Crippen molar-refractivity contribution in [3.8, 4) is 0 Å². The van der Waals surface area contributed by atoms with Crippen molar-refractivity contribution in [1.29, 1.82) is 0 Å². The van der Waals surface area contributed by atoms with E-state index in [1.807, 2.05) is 38.4 Å². The summed E-state index contributed by atoms with van der Waals surface area (Å²) in [5, 5.41) is 0.723. The van der Waals surface area contributed by atoms with Gasteiger partial charge in [0.2, 0.25) is 0 Å². The molecule has 1 heterocycles. The van der Waals surface area contributed by atoms with Crippen LogP contribution in [0.4, 0.5) is 5.69 Å². The number of nitrogens with one attached hydrogen (secondary N) is 2. The minimum atomic E-state index is -0.0770. The van der Waals surface area contributed by atoms with Crippen molar-refractivity contribution in [2.24, 2.45) is 4.99 Å². The van der Waals surface area contributed by atoms with Gasteiger partial charge >= 0.3 is 0 Å². The molecule has 21 heavy (non-hydrogen) atoms. The van der Waals surface area contributed by atoms with Crippen LogP contribution in [-0.4, -0.2) is 19.9 Å². The van der Waals surface area contributed by atoms with E-state index in [9.17, 15) is 0 Å². The molecule has 0 aromatic heterocycles. The Kier molecular flexibility index (Phi) is 3.82. The molecule has 0 fully saturated rings. The quantitative estimate of drug-likeness (QED) is 0.915. The first kappa shape index (κ1) is 13.9. The number of rotatable bonds is 3. The second-order valence-electron chi connectivity index (χ2n) is 5.14. The highest BCUT2D eigenvalue weighted by Crippen LogP contribution is 2.22. The summed E-state index contributed by atoms with van der Waals surface area (Å²) in [6, 6.07) is 16.0. The van der Waals surface area contributed by atoms with Gasteiger partial charge in [0.25, 0.3) is 0 Å². The average molecular weight is 301 g/mol. The van der Waals surface area contributed by atoms with Crippen LogP contribution in [0.2, 0.25) is 5.02 Å². The molecule has 3 rings (SSSR count). The monoisotopic (exact) mass is 300 g/mol. The highest BCUT2D eigenvalue weighted by molar-refractivity contribution is 6.30. The van der Waals surface area contributed by atoms with Gasteiger partial charge in [-0.05, 0) is 42.0 Å². The van der Waals surface area contributed by atoms with Crippen molar-refractivity contribution in [1.82, 2.24) is 10.9 Å². The minimum absolute atomic E-state index is 0.0770. The summed E-state index contributed by atoms with van der Waals surface area (Å²) < 4.78 is 0. The lowest BCUT2D eigenvalue weighted by Crippen LogP contribution is -2.31. The Morgan fingerprint density at radius 2 is 1.67 bits per heavy atom. The molecule has 2 aromatic rings. The second-order valence-corrected chi connectivity index (χ2v) is 5.58. The number of benzene rings is 2. The molecule has 0 amide bonds. The molecule has 0 bridgehead atoms. The third-order valence-electron chi connectivity index (χ3n) is 3.43. The molecule has 0 saturated heterocycles. The molecule has 0 unspecified atom stereocenters. The summed E-state index contributed by atoms with van der Waals surface area (Å²) in [5.74, 6) is 0.827. The number of halogens is 1. The lowest BCUT2D eigenvalue weighted by Gasteiger charge is -2.14. The largest absolute Gasteiger partial charge is 0.378 e. The number of nitrogens with zero attached hydrogens (tertiary/aromatic N) is 2. The van der Waals surface area contributed by atoms with Crippen molar-refractivity contribution in [3.05, 3.63) is 64.7 Å². The predicted molar refractivity (Wildman–Crippen MR) is 87.8 cm³/mol. The number of hydrogen-bond acceptors (Lipinski definition) is 4. The van der Waals surface area contributed by atoms with E-state index in [1.165, 1.54) is 5.69 Å². The van der Waals surface area contributed by atoms with E-state index >= 15 is 0 Å². The summed E-state index contributed by atoms with van der Waals surface area (Å²) in [5.41, 5.74) is 9.62. The molecular formula is C16H17ClN4. The molecule has 0 saturated carbocycles. The molecule has 0 radical (unpaired) electrons. The molecule has 0 spiro atoms. The van der Waals surface area contributed by atoms with E-state index in [0.717, 1.165) is 22.0 Å². The van der Waals surface area contributed by atoms with Crippen LogP contribution >= 0.6 is 11.6 Å². The predicted octanol–water partition coefficient (Wildman–Crippen LogP) is 2.96. The molecule has 1 atom stereocenters. The Morgan fingerprint density at radius 1 is 1.00 bits per heavy atom. The van der Waals surface area contributed by atoms with Gasteiger partial charge < -0.3 is 10.3 Å². The Balaban J connectivity index is 1.80. The number of aliphatic imine (C=N–C) groups is 1. The zero-order valence-electron chi connectivity index (χ0n) is 12.0. The van der Waals surface area contributed by atoms with E-state index in [4.69, 9.17) is 11.6 Å². The third kappa shape index (κ3) is 3.01. The van der Waals surface area contributed by atoms with Gasteiger partial charge in [-0.15, -0.1) is 0 Å². The zero-order chi connectivity index (χ0) is 14.8. The molecule has 4 nitrogen and oxygen atoms in total. The summed E-state index contributed by atoms with van der Waals surface area (Å²) >= 11 is 5.90. The summed E-state index contributed by atoms with van der Waals surface area (Å²) in [6.07, 6.45) is -0.0770. The molecular weight excluding hydrogens is 284 g/mol. The zero-order valence-corrected chi connectivity index (χ0v) is 12.7. The number of amidine groups is 1. The van der Waals surface area contributed by atoms with E-state index < -0.39 is 0 Å². The highest BCUT2D eigenvalue weighted by atomic mass is 35.5. The van der Waals surface area contributed by atoms with Gasteiger partial charge in [0.15, 0.2) is 0 Å². The molecule has 2 N–H and O–H groups in total. The van der Waals surface area contributed by atoms with Crippen LogP contribution in [0.5, 0.6) is 0 Å². The van der Waals surface area contributed by atoms with Gasteiger partial charge in [-0.25, -0.2) is 10.4 Å². The topological polar surface area (TPSA) is 39.7 Å². The van der Waals surface area contributed by atoms with Crippen LogP contribution < -0.4 is 15.8 Å². The van der Waals surface area contributed by atoms with Crippen molar-refractivity contribution in [3.63, 3.8) is 0 Å². The number of anilines is 1. The van der Waals surface area contributed by atoms with Crippen LogP contribution in [0.25, 0.3) is 0 Å². The van der Waals surface area contributed by atoms with Gasteiger partial charge in [0.1, 0.15) is 12.0 Å². The highest BCUT2D eigenvalue weighted by Gasteiger charge is 2.18. The summed E-state index contributed by atoms with van der Waals surface area (Å²) in [6.45, 7) is 0. The third-order valence-corrected chi connectivity index (χ3v) is 3.68. The van der Waals surface area contributed by atoms with Crippen molar-refractivity contribution in [2.45, 2.75) is 6.17 Å². The molecule has 0 aliphatic carbocycles. The normalized spacial score (nSPS) is 17.3. The fraction of sp³-hybridized carbons (Fsp3) is 0.188. The van der Waals surface area contributed by atoms with Crippen LogP contribution in [0.15, 0.2) is 53.5 Å². The van der Waals surface area contributed by atoms with Gasteiger partial charge in [-0.3, -0.25) is 0 Å². The van der Waals surface area contributed by atoms with Gasteiger partial charge in [0.05, 0.1) is 0 Å². The van der Waals surface area contributed by atoms with E-state index in [2.05, 4.69) is 45.0 Å². The van der Waals surface area contributed by atoms with E-state index in [1.54, 1.807) is 0 Å².